The van der Waals surface area contributed by atoms with Crippen molar-refractivity contribution in [1.82, 2.24) is 0 Å². The highest BCUT2D eigenvalue weighted by molar-refractivity contribution is 14.1. The molecule has 2 saturated carbocycles. The molecule has 2 amide bonds. The van der Waals surface area contributed by atoms with Crippen LogP contribution < -0.4 is 10.6 Å². The van der Waals surface area contributed by atoms with E-state index in [1.807, 2.05) is 24.3 Å². The lowest BCUT2D eigenvalue weighted by molar-refractivity contribution is -0.145. The summed E-state index contributed by atoms with van der Waals surface area (Å²) in [6.45, 7) is 0. The first-order valence-electron chi connectivity index (χ1n) is 9.75. The average Bonchev–Trinajstić information content (AvgIpc) is 3.34. The van der Waals surface area contributed by atoms with Gasteiger partial charge in [-0.1, -0.05) is 22.0 Å². The van der Waals surface area contributed by atoms with Crippen molar-refractivity contribution >= 4 is 67.7 Å². The molecule has 6 atom stereocenters. The summed E-state index contributed by atoms with van der Waals surface area (Å²) in [6, 6.07) is 14.3. The number of fused-ring (bicyclic) bond motifs is 1. The lowest BCUT2D eigenvalue weighted by atomic mass is 9.79. The van der Waals surface area contributed by atoms with E-state index in [2.05, 4.69) is 49.2 Å². The second-order valence-electron chi connectivity index (χ2n) is 7.99. The third kappa shape index (κ3) is 3.33. The highest BCUT2D eigenvalue weighted by atomic mass is 127. The van der Waals surface area contributed by atoms with Crippen LogP contribution in [0.25, 0.3) is 0 Å². The molecule has 6 nitrogen and oxygen atoms in total. The minimum absolute atomic E-state index is 0.0204. The molecular weight excluding hydrogens is 563 g/mol. The zero-order valence-electron chi connectivity index (χ0n) is 15.7. The summed E-state index contributed by atoms with van der Waals surface area (Å²) in [4.78, 5) is 37.9. The Morgan fingerprint density at radius 2 is 1.80 bits per heavy atom. The van der Waals surface area contributed by atoms with Crippen molar-refractivity contribution < 1.29 is 19.1 Å². The van der Waals surface area contributed by atoms with Gasteiger partial charge in [-0.2, -0.15) is 0 Å². The maximum absolute atomic E-state index is 13.0. The van der Waals surface area contributed by atoms with Gasteiger partial charge in [-0.05, 0) is 77.4 Å². The molecule has 2 bridgehead atoms. The standard InChI is InChI=1S/C22H18BrIN2O4/c23-18-14-9-15-17(22(29)30-19(15)18)16(14)21(28)26-13-3-1-2-10(8-13)20(27)25-12-6-4-11(24)5-7-12/h1-8,14-19H,9H2,(H,25,27)(H,26,28)/t14-,15-,16-,17+,18+,19+/m1/s1. The average molecular weight is 581 g/mol. The first-order chi connectivity index (χ1) is 14.4. The number of benzene rings is 2. The molecule has 2 aliphatic carbocycles. The molecule has 0 aromatic heterocycles. The molecule has 0 spiro atoms. The van der Waals surface area contributed by atoms with Gasteiger partial charge in [0.25, 0.3) is 5.91 Å². The number of anilines is 2. The van der Waals surface area contributed by atoms with Gasteiger partial charge in [0, 0.05) is 26.4 Å². The van der Waals surface area contributed by atoms with Crippen molar-refractivity contribution in [2.75, 3.05) is 10.6 Å². The summed E-state index contributed by atoms with van der Waals surface area (Å²) in [7, 11) is 0. The zero-order valence-corrected chi connectivity index (χ0v) is 19.4. The molecule has 8 heteroatoms. The van der Waals surface area contributed by atoms with Crippen LogP contribution in [0.15, 0.2) is 48.5 Å². The summed E-state index contributed by atoms with van der Waals surface area (Å²) in [6.07, 6.45) is 0.720. The number of carbonyl (C=O) groups is 3. The normalized spacial score (nSPS) is 30.8. The monoisotopic (exact) mass is 580 g/mol. The SMILES string of the molecule is O=C(Nc1ccc(I)cc1)c1cccc(NC(=O)[C@@H]2[C@H]3C[C@H]4[C@H](OC(=O)[C@@H]42)[C@H]3Br)c1. The minimum atomic E-state index is -0.408. The predicted octanol–water partition coefficient (Wildman–Crippen LogP) is 4.05. The Kier molecular flexibility index (Phi) is 5.09. The summed E-state index contributed by atoms with van der Waals surface area (Å²) in [5.41, 5.74) is 1.68. The minimum Gasteiger partial charge on any atom is -0.461 e. The molecule has 0 unspecified atom stereocenters. The molecule has 2 N–H and O–H groups in total. The van der Waals surface area contributed by atoms with Crippen LogP contribution in [-0.4, -0.2) is 28.7 Å². The Bertz CT molecular complexity index is 1040. The molecule has 1 aliphatic heterocycles. The van der Waals surface area contributed by atoms with Gasteiger partial charge in [-0.25, -0.2) is 0 Å². The number of carbonyl (C=O) groups excluding carboxylic acids is 3. The first kappa shape index (κ1) is 20.0. The smallest absolute Gasteiger partial charge is 0.310 e. The number of amides is 2. The van der Waals surface area contributed by atoms with Gasteiger partial charge >= 0.3 is 5.97 Å². The number of halogens is 2. The third-order valence-electron chi connectivity index (χ3n) is 6.32. The fourth-order valence-electron chi connectivity index (χ4n) is 5.03. The molecule has 2 aromatic carbocycles. The Morgan fingerprint density at radius 1 is 1.03 bits per heavy atom. The van der Waals surface area contributed by atoms with E-state index in [4.69, 9.17) is 4.74 Å². The highest BCUT2D eigenvalue weighted by Gasteiger charge is 2.67. The second kappa shape index (κ2) is 7.64. The van der Waals surface area contributed by atoms with E-state index in [-0.39, 0.29) is 46.5 Å². The topological polar surface area (TPSA) is 84.5 Å². The van der Waals surface area contributed by atoms with E-state index in [1.165, 1.54) is 0 Å². The lowest BCUT2D eigenvalue weighted by Gasteiger charge is -2.27. The Labute approximate surface area is 195 Å². The number of alkyl halides is 1. The maximum atomic E-state index is 13.0. The van der Waals surface area contributed by atoms with Gasteiger partial charge in [-0.3, -0.25) is 14.4 Å². The van der Waals surface area contributed by atoms with Crippen molar-refractivity contribution in [3.05, 3.63) is 57.7 Å². The van der Waals surface area contributed by atoms with Gasteiger partial charge in [0.05, 0.1) is 16.7 Å². The molecule has 3 fully saturated rings. The van der Waals surface area contributed by atoms with Gasteiger partial charge in [0.2, 0.25) is 5.91 Å². The Morgan fingerprint density at radius 3 is 2.57 bits per heavy atom. The molecular formula is C22H18BrIN2O4. The molecule has 154 valence electrons. The molecule has 5 rings (SSSR count). The van der Waals surface area contributed by atoms with Crippen molar-refractivity contribution in [2.45, 2.75) is 17.4 Å². The summed E-state index contributed by atoms with van der Waals surface area (Å²) in [5.74, 6) is -1.27. The van der Waals surface area contributed by atoms with E-state index in [0.717, 1.165) is 9.99 Å². The lowest BCUT2D eigenvalue weighted by Crippen LogP contribution is -2.40. The summed E-state index contributed by atoms with van der Waals surface area (Å²) >= 11 is 5.83. The van der Waals surface area contributed by atoms with E-state index in [9.17, 15) is 14.4 Å². The third-order valence-corrected chi connectivity index (χ3v) is 8.24. The second-order valence-corrected chi connectivity index (χ2v) is 10.3. The predicted molar refractivity (Wildman–Crippen MR) is 123 cm³/mol. The zero-order chi connectivity index (χ0) is 21.0. The Balaban J connectivity index is 1.30. The molecule has 30 heavy (non-hydrogen) atoms. The van der Waals surface area contributed by atoms with Crippen LogP contribution in [0.3, 0.4) is 0 Å². The van der Waals surface area contributed by atoms with Crippen LogP contribution >= 0.6 is 38.5 Å². The van der Waals surface area contributed by atoms with Gasteiger partial charge < -0.3 is 15.4 Å². The highest BCUT2D eigenvalue weighted by Crippen LogP contribution is 2.60. The molecule has 2 aromatic rings. The maximum Gasteiger partial charge on any atom is 0.310 e. The number of hydrogen-bond acceptors (Lipinski definition) is 4. The quantitative estimate of drug-likeness (QED) is 0.325. The van der Waals surface area contributed by atoms with Crippen molar-refractivity contribution in [2.24, 2.45) is 23.7 Å². The van der Waals surface area contributed by atoms with Crippen LogP contribution in [0, 0.1) is 27.2 Å². The largest absolute Gasteiger partial charge is 0.461 e. The van der Waals surface area contributed by atoms with Crippen molar-refractivity contribution in [1.29, 1.82) is 0 Å². The van der Waals surface area contributed by atoms with Gasteiger partial charge in [-0.15, -0.1) is 0 Å². The Hall–Kier alpha value is -1.94. The van der Waals surface area contributed by atoms with E-state index < -0.39 is 5.92 Å². The van der Waals surface area contributed by atoms with Crippen LogP contribution in [0.4, 0.5) is 11.4 Å². The summed E-state index contributed by atoms with van der Waals surface area (Å²) in [5, 5.41) is 5.76. The number of esters is 1. The molecule has 1 heterocycles. The van der Waals surface area contributed by atoms with E-state index in [1.54, 1.807) is 24.3 Å². The molecule has 1 saturated heterocycles. The first-order valence-corrected chi connectivity index (χ1v) is 11.7. The van der Waals surface area contributed by atoms with E-state index >= 15 is 0 Å². The summed E-state index contributed by atoms with van der Waals surface area (Å²) < 4.78 is 6.56. The fourth-order valence-corrected chi connectivity index (χ4v) is 6.43. The van der Waals surface area contributed by atoms with Gasteiger partial charge in [0.15, 0.2) is 0 Å². The van der Waals surface area contributed by atoms with Crippen LogP contribution in [0.5, 0.6) is 0 Å². The molecule has 0 radical (unpaired) electrons. The number of ether oxygens (including phenoxy) is 1. The van der Waals surface area contributed by atoms with Crippen molar-refractivity contribution in [3.8, 4) is 0 Å². The number of nitrogens with one attached hydrogen (secondary N) is 2. The number of rotatable bonds is 4. The van der Waals surface area contributed by atoms with Crippen LogP contribution in [0.1, 0.15) is 16.8 Å². The van der Waals surface area contributed by atoms with Crippen molar-refractivity contribution in [3.63, 3.8) is 0 Å². The fraction of sp³-hybridized carbons (Fsp3) is 0.318. The molecule has 3 aliphatic rings. The number of hydrogen-bond donors (Lipinski definition) is 2. The van der Waals surface area contributed by atoms with Gasteiger partial charge in [0.1, 0.15) is 6.10 Å². The van der Waals surface area contributed by atoms with Crippen LogP contribution in [0.2, 0.25) is 0 Å². The van der Waals surface area contributed by atoms with Crippen LogP contribution in [-0.2, 0) is 14.3 Å². The van der Waals surface area contributed by atoms with E-state index in [0.29, 0.717) is 16.9 Å².